The zero-order valence-electron chi connectivity index (χ0n) is 18.3. The Morgan fingerprint density at radius 1 is 1.12 bits per heavy atom. The van der Waals surface area contributed by atoms with Crippen LogP contribution < -0.4 is 10.6 Å². The average molecular weight is 452 g/mol. The minimum absolute atomic E-state index is 0.133. The van der Waals surface area contributed by atoms with Gasteiger partial charge in [-0.2, -0.15) is 13.2 Å². The van der Waals surface area contributed by atoms with E-state index in [4.69, 9.17) is 5.41 Å². The molecular weight excluding hydrogens is 425 g/mol. The van der Waals surface area contributed by atoms with Gasteiger partial charge in [0.2, 0.25) is 0 Å². The number of pyridine rings is 1. The van der Waals surface area contributed by atoms with Crippen molar-refractivity contribution in [1.82, 2.24) is 4.98 Å². The van der Waals surface area contributed by atoms with Gasteiger partial charge in [-0.25, -0.2) is 4.98 Å². The number of hydrogen-bond acceptors (Lipinski definition) is 6. The monoisotopic (exact) mass is 452 g/mol. The number of alkyl halides is 3. The van der Waals surface area contributed by atoms with Crippen LogP contribution in [0.25, 0.3) is 0 Å². The summed E-state index contributed by atoms with van der Waals surface area (Å²) in [5.41, 5.74) is -2.66. The van der Waals surface area contributed by atoms with Crippen LogP contribution in [0.3, 0.4) is 0 Å². The minimum Gasteiger partial charge on any atom is -0.390 e. The first-order valence-electron chi connectivity index (χ1n) is 9.85. The average Bonchev–Trinajstić information content (AvgIpc) is 2.66. The van der Waals surface area contributed by atoms with Gasteiger partial charge in [0.1, 0.15) is 11.4 Å². The Labute approximate surface area is 184 Å². The second kappa shape index (κ2) is 9.25. The maximum atomic E-state index is 12.9. The Bertz CT molecular complexity index is 993. The van der Waals surface area contributed by atoms with Crippen LogP contribution in [0, 0.1) is 5.41 Å². The van der Waals surface area contributed by atoms with Gasteiger partial charge in [-0.15, -0.1) is 0 Å². The first-order chi connectivity index (χ1) is 14.6. The fourth-order valence-electron chi connectivity index (χ4n) is 2.91. The molecule has 7 nitrogen and oxygen atoms in total. The normalized spacial score (nSPS) is 12.4. The number of rotatable bonds is 8. The first-order valence-corrected chi connectivity index (χ1v) is 9.85. The highest BCUT2D eigenvalue weighted by molar-refractivity contribution is 6.04. The van der Waals surface area contributed by atoms with E-state index in [1.54, 1.807) is 19.9 Å². The van der Waals surface area contributed by atoms with Crippen molar-refractivity contribution in [2.75, 3.05) is 17.2 Å². The number of nitrogens with zero attached hydrogens (tertiary/aromatic N) is 1. The van der Waals surface area contributed by atoms with E-state index in [1.807, 2.05) is 0 Å². The van der Waals surface area contributed by atoms with Crippen LogP contribution in [0.1, 0.15) is 61.4 Å². The molecule has 0 spiro atoms. The van der Waals surface area contributed by atoms with Crippen molar-refractivity contribution in [3.05, 3.63) is 52.8 Å². The second-order valence-corrected chi connectivity index (χ2v) is 8.54. The molecular formula is C22H27F3N4O3. The van der Waals surface area contributed by atoms with Crippen molar-refractivity contribution in [2.45, 2.75) is 51.5 Å². The Kier molecular flexibility index (Phi) is 7.31. The summed E-state index contributed by atoms with van der Waals surface area (Å²) in [7, 11) is 0. The van der Waals surface area contributed by atoms with E-state index >= 15 is 0 Å². The highest BCUT2D eigenvalue weighted by atomic mass is 19.4. The molecule has 5 N–H and O–H groups in total. The number of anilines is 2. The fourth-order valence-corrected chi connectivity index (χ4v) is 2.91. The number of benzene rings is 1. The number of hydrogen-bond donors (Lipinski definition) is 5. The molecule has 1 aromatic carbocycles. The standard InChI is InChI=1S/C22H27F3N4O3/c1-20(2,31)8-9-27-16-11-14(21(3,4)32)17(10-13(16)12-26)29-19(30)15-6-5-7-18(28-15)22(23,24)25/h5-7,10-12,26-27,31-32H,8-9H2,1-4H3,(H,29,30). The van der Waals surface area contributed by atoms with Gasteiger partial charge in [-0.3, -0.25) is 4.79 Å². The van der Waals surface area contributed by atoms with Crippen molar-refractivity contribution in [1.29, 1.82) is 5.41 Å². The van der Waals surface area contributed by atoms with Crippen molar-refractivity contribution >= 4 is 23.5 Å². The number of aromatic nitrogens is 1. The molecule has 0 unspecified atom stereocenters. The van der Waals surface area contributed by atoms with Gasteiger partial charge >= 0.3 is 6.18 Å². The summed E-state index contributed by atoms with van der Waals surface area (Å²) in [5, 5.41) is 33.8. The Morgan fingerprint density at radius 2 is 1.78 bits per heavy atom. The van der Waals surface area contributed by atoms with Crippen molar-refractivity contribution in [3.63, 3.8) is 0 Å². The zero-order valence-corrected chi connectivity index (χ0v) is 18.3. The SMILES string of the molecule is CC(C)(O)CCNc1cc(C(C)(C)O)c(NC(=O)c2cccc(C(F)(F)F)n2)cc1C=N. The first kappa shape index (κ1) is 25.3. The third kappa shape index (κ3) is 6.76. The maximum absolute atomic E-state index is 12.9. The van der Waals surface area contributed by atoms with Crippen LogP contribution in [0.4, 0.5) is 24.5 Å². The molecule has 1 amide bonds. The van der Waals surface area contributed by atoms with Crippen molar-refractivity contribution in [3.8, 4) is 0 Å². The van der Waals surface area contributed by atoms with Gasteiger partial charge in [0.25, 0.3) is 5.91 Å². The van der Waals surface area contributed by atoms with Crippen molar-refractivity contribution < 1.29 is 28.2 Å². The predicted octanol–water partition coefficient (Wildman–Crippen LogP) is 4.15. The highest BCUT2D eigenvalue weighted by Crippen LogP contribution is 2.33. The third-order valence-electron chi connectivity index (χ3n) is 4.58. The molecule has 0 atom stereocenters. The third-order valence-corrected chi connectivity index (χ3v) is 4.58. The molecule has 174 valence electrons. The molecule has 32 heavy (non-hydrogen) atoms. The van der Waals surface area contributed by atoms with Crippen LogP contribution >= 0.6 is 0 Å². The van der Waals surface area contributed by atoms with Crippen LogP contribution in [0.5, 0.6) is 0 Å². The number of carbonyl (C=O) groups excluding carboxylic acids is 1. The summed E-state index contributed by atoms with van der Waals surface area (Å²) in [6.07, 6.45) is -3.24. The van der Waals surface area contributed by atoms with Gasteiger partial charge in [-0.1, -0.05) is 6.07 Å². The van der Waals surface area contributed by atoms with Crippen LogP contribution in [0.2, 0.25) is 0 Å². The Morgan fingerprint density at radius 3 is 2.31 bits per heavy atom. The lowest BCUT2D eigenvalue weighted by atomic mass is 9.93. The molecule has 0 aliphatic heterocycles. The minimum atomic E-state index is -4.70. The largest absolute Gasteiger partial charge is 0.433 e. The van der Waals surface area contributed by atoms with E-state index in [1.165, 1.54) is 19.9 Å². The van der Waals surface area contributed by atoms with Crippen LogP contribution in [-0.2, 0) is 11.8 Å². The molecule has 0 aliphatic rings. The number of carbonyl (C=O) groups is 1. The topological polar surface area (TPSA) is 118 Å². The number of amides is 1. The second-order valence-electron chi connectivity index (χ2n) is 8.54. The number of nitrogens with one attached hydrogen (secondary N) is 3. The molecule has 0 aliphatic carbocycles. The van der Waals surface area contributed by atoms with E-state index in [2.05, 4.69) is 15.6 Å². The lowest BCUT2D eigenvalue weighted by molar-refractivity contribution is -0.141. The Hall–Kier alpha value is -2.98. The van der Waals surface area contributed by atoms with Gasteiger partial charge in [0.15, 0.2) is 0 Å². The zero-order chi connectivity index (χ0) is 24.3. The van der Waals surface area contributed by atoms with E-state index in [9.17, 15) is 28.2 Å². The van der Waals surface area contributed by atoms with Gasteiger partial charge in [0, 0.05) is 35.3 Å². The Balaban J connectivity index is 2.40. The number of halogens is 3. The molecule has 0 radical (unpaired) electrons. The smallest absolute Gasteiger partial charge is 0.390 e. The van der Waals surface area contributed by atoms with E-state index in [0.717, 1.165) is 24.4 Å². The summed E-state index contributed by atoms with van der Waals surface area (Å²) in [5.74, 6) is -0.889. The number of aliphatic hydroxyl groups is 2. The quantitative estimate of drug-likeness (QED) is 0.386. The van der Waals surface area contributed by atoms with Crippen molar-refractivity contribution in [2.24, 2.45) is 0 Å². The molecule has 0 saturated carbocycles. The van der Waals surface area contributed by atoms with Gasteiger partial charge in [-0.05, 0) is 58.4 Å². The van der Waals surface area contributed by atoms with Gasteiger partial charge < -0.3 is 26.3 Å². The fraction of sp³-hybridized carbons (Fsp3) is 0.409. The maximum Gasteiger partial charge on any atom is 0.433 e. The molecule has 0 saturated heterocycles. The molecule has 0 bridgehead atoms. The van der Waals surface area contributed by atoms with Gasteiger partial charge in [0.05, 0.1) is 11.2 Å². The van der Waals surface area contributed by atoms with E-state index < -0.39 is 34.7 Å². The molecule has 1 heterocycles. The molecule has 0 fully saturated rings. The summed E-state index contributed by atoms with van der Waals surface area (Å²) in [4.78, 5) is 16.0. The van der Waals surface area contributed by atoms with E-state index in [0.29, 0.717) is 24.2 Å². The summed E-state index contributed by atoms with van der Waals surface area (Å²) in [6, 6.07) is 6.00. The summed E-state index contributed by atoms with van der Waals surface area (Å²) in [6.45, 7) is 6.69. The summed E-state index contributed by atoms with van der Waals surface area (Å²) >= 11 is 0. The van der Waals surface area contributed by atoms with E-state index in [-0.39, 0.29) is 11.3 Å². The van der Waals surface area contributed by atoms with Crippen LogP contribution in [-0.4, -0.2) is 39.5 Å². The highest BCUT2D eigenvalue weighted by Gasteiger charge is 2.33. The molecule has 10 heteroatoms. The predicted molar refractivity (Wildman–Crippen MR) is 116 cm³/mol. The molecule has 2 rings (SSSR count). The summed E-state index contributed by atoms with van der Waals surface area (Å²) < 4.78 is 38.8. The van der Waals surface area contributed by atoms with Crippen LogP contribution in [0.15, 0.2) is 30.3 Å². The molecule has 2 aromatic rings. The lowest BCUT2D eigenvalue weighted by Crippen LogP contribution is -2.24. The lowest BCUT2D eigenvalue weighted by Gasteiger charge is -2.25. The molecule has 1 aromatic heterocycles.